The van der Waals surface area contributed by atoms with Crippen LogP contribution < -0.4 is 0 Å². The van der Waals surface area contributed by atoms with Crippen molar-refractivity contribution in [1.29, 1.82) is 0 Å². The van der Waals surface area contributed by atoms with Gasteiger partial charge in [-0.25, -0.2) is 0 Å². The molecule has 1 aliphatic heterocycles. The number of rotatable bonds is 0. The van der Waals surface area contributed by atoms with E-state index in [1.807, 2.05) is 0 Å². The van der Waals surface area contributed by atoms with Crippen molar-refractivity contribution in [3.8, 4) is 0 Å². The summed E-state index contributed by atoms with van der Waals surface area (Å²) in [7, 11) is 0. The van der Waals surface area contributed by atoms with E-state index in [0.29, 0.717) is 6.61 Å². The minimum atomic E-state index is 0.528. The van der Waals surface area contributed by atoms with Gasteiger partial charge >= 0.3 is 0 Å². The van der Waals surface area contributed by atoms with Gasteiger partial charge in [-0.2, -0.15) is 0 Å². The molecule has 0 bridgehead atoms. The van der Waals surface area contributed by atoms with Gasteiger partial charge in [0.05, 0.1) is 0 Å². The van der Waals surface area contributed by atoms with Crippen molar-refractivity contribution in [2.24, 2.45) is 5.16 Å². The molecule has 0 aliphatic carbocycles. The molecule has 0 unspecified atom stereocenters. The van der Waals surface area contributed by atoms with Gasteiger partial charge in [0.2, 0.25) is 0 Å². The summed E-state index contributed by atoms with van der Waals surface area (Å²) in [5.41, 5.74) is 0.903. The highest BCUT2D eigenvalue weighted by atomic mass is 79.9. The lowest BCUT2D eigenvalue weighted by atomic mass is 10.4. The second-order valence-electron chi connectivity index (χ2n) is 1.26. The van der Waals surface area contributed by atoms with E-state index in [-0.39, 0.29) is 0 Å². The van der Waals surface area contributed by atoms with Gasteiger partial charge in [0.25, 0.3) is 0 Å². The van der Waals surface area contributed by atoms with Crippen LogP contribution in [0.4, 0.5) is 0 Å². The van der Waals surface area contributed by atoms with E-state index < -0.39 is 0 Å². The lowest BCUT2D eigenvalue weighted by Gasteiger charge is -1.80. The van der Waals surface area contributed by atoms with E-state index in [1.165, 1.54) is 0 Å². The van der Waals surface area contributed by atoms with E-state index in [4.69, 9.17) is 0 Å². The van der Waals surface area contributed by atoms with E-state index >= 15 is 0 Å². The summed E-state index contributed by atoms with van der Waals surface area (Å²) in [6.45, 7) is 4.16. The molecule has 0 aromatic heterocycles. The van der Waals surface area contributed by atoms with Crippen LogP contribution in [-0.4, -0.2) is 11.2 Å². The molecule has 1 aliphatic rings. The molecule has 0 saturated carbocycles. The van der Waals surface area contributed by atoms with Crippen LogP contribution in [0.2, 0.25) is 0 Å². The number of oxime groups is 1. The molecule has 38 valence electrons. The Morgan fingerprint density at radius 1 is 1.86 bits per heavy atom. The maximum atomic E-state index is 4.61. The second kappa shape index (κ2) is 1.66. The smallest absolute Gasteiger partial charge is 0.151 e. The fourth-order valence-electron chi connectivity index (χ4n) is 0.291. The largest absolute Gasteiger partial charge is 0.390 e. The van der Waals surface area contributed by atoms with Crippen LogP contribution in [0, 0.1) is 0 Å². The average Bonchev–Trinajstić information content (AvgIpc) is 1.91. The summed E-state index contributed by atoms with van der Waals surface area (Å²) in [5.74, 6) is 0. The number of hydrogen-bond acceptors (Lipinski definition) is 2. The zero-order valence-electron chi connectivity index (χ0n) is 3.65. The number of halogens is 1. The zero-order chi connectivity index (χ0) is 5.28. The molecular formula is C4H4BrNO. The van der Waals surface area contributed by atoms with Gasteiger partial charge in [0.1, 0.15) is 6.61 Å². The van der Waals surface area contributed by atoms with E-state index in [2.05, 4.69) is 32.5 Å². The maximum absolute atomic E-state index is 4.61. The number of nitrogens with zero attached hydrogens (tertiary/aromatic N) is 1. The first-order valence-corrected chi connectivity index (χ1v) is 2.63. The molecule has 0 amide bonds. The van der Waals surface area contributed by atoms with Gasteiger partial charge in [-0.05, 0) is 15.9 Å². The van der Waals surface area contributed by atoms with Crippen LogP contribution in [0.15, 0.2) is 17.3 Å². The van der Waals surface area contributed by atoms with Crippen LogP contribution in [0.25, 0.3) is 0 Å². The highest BCUT2D eigenvalue weighted by molar-refractivity contribution is 9.18. The van der Waals surface area contributed by atoms with Crippen molar-refractivity contribution >= 4 is 20.6 Å². The van der Waals surface area contributed by atoms with E-state index in [9.17, 15) is 0 Å². The van der Waals surface area contributed by atoms with Gasteiger partial charge in [-0.1, -0.05) is 11.7 Å². The molecule has 0 aromatic carbocycles. The first-order chi connectivity index (χ1) is 3.30. The van der Waals surface area contributed by atoms with Crippen molar-refractivity contribution in [3.63, 3.8) is 0 Å². The lowest BCUT2D eigenvalue weighted by molar-refractivity contribution is 0.187. The summed E-state index contributed by atoms with van der Waals surface area (Å²) >= 11 is 3.13. The molecule has 7 heavy (non-hydrogen) atoms. The predicted octanol–water partition coefficient (Wildman–Crippen LogP) is 1.28. The Morgan fingerprint density at radius 3 is 2.71 bits per heavy atom. The maximum Gasteiger partial charge on any atom is 0.151 e. The highest BCUT2D eigenvalue weighted by Gasteiger charge is 2.07. The fourth-order valence-corrected chi connectivity index (χ4v) is 0.508. The first kappa shape index (κ1) is 4.84. The van der Waals surface area contributed by atoms with Gasteiger partial charge < -0.3 is 4.84 Å². The molecule has 0 fully saturated rings. The van der Waals surface area contributed by atoms with Crippen molar-refractivity contribution in [2.75, 3.05) is 6.61 Å². The molecule has 0 saturated heterocycles. The third kappa shape index (κ3) is 0.825. The Morgan fingerprint density at radius 2 is 2.57 bits per heavy atom. The summed E-state index contributed by atoms with van der Waals surface area (Å²) in [6.07, 6.45) is 0. The van der Waals surface area contributed by atoms with E-state index in [1.54, 1.807) is 0 Å². The summed E-state index contributed by atoms with van der Waals surface area (Å²) in [5, 5.41) is 3.55. The van der Waals surface area contributed by atoms with Gasteiger partial charge in [0.15, 0.2) is 4.62 Å². The topological polar surface area (TPSA) is 21.6 Å². The summed E-state index contributed by atoms with van der Waals surface area (Å²) in [4.78, 5) is 4.61. The molecule has 1 rings (SSSR count). The minimum Gasteiger partial charge on any atom is -0.390 e. The predicted molar refractivity (Wildman–Crippen MR) is 31.5 cm³/mol. The van der Waals surface area contributed by atoms with E-state index in [0.717, 1.165) is 10.2 Å². The van der Waals surface area contributed by atoms with Gasteiger partial charge in [-0.15, -0.1) is 0 Å². The molecule has 0 radical (unpaired) electrons. The molecule has 0 spiro atoms. The Labute approximate surface area is 50.0 Å². The third-order valence-corrected chi connectivity index (χ3v) is 1.38. The molecule has 2 nitrogen and oxygen atoms in total. The Hall–Kier alpha value is -0.310. The normalized spacial score (nSPS) is 19.0. The SMILES string of the molecule is C=C1CON=C1Br. The van der Waals surface area contributed by atoms with Crippen molar-refractivity contribution in [1.82, 2.24) is 0 Å². The van der Waals surface area contributed by atoms with Gasteiger partial charge in [-0.3, -0.25) is 0 Å². The minimum absolute atomic E-state index is 0.528. The second-order valence-corrected chi connectivity index (χ2v) is 2.01. The summed E-state index contributed by atoms with van der Waals surface area (Å²) < 4.78 is 0.729. The third-order valence-electron chi connectivity index (χ3n) is 0.675. The molecular weight excluding hydrogens is 158 g/mol. The Balaban J connectivity index is 2.72. The van der Waals surface area contributed by atoms with Crippen molar-refractivity contribution in [3.05, 3.63) is 12.2 Å². The van der Waals surface area contributed by atoms with Crippen LogP contribution >= 0.6 is 15.9 Å². The van der Waals surface area contributed by atoms with Crippen LogP contribution in [0.3, 0.4) is 0 Å². The molecule has 0 aromatic rings. The average molecular weight is 162 g/mol. The molecule has 3 heteroatoms. The quantitative estimate of drug-likeness (QED) is 0.525. The van der Waals surface area contributed by atoms with Crippen molar-refractivity contribution < 1.29 is 4.84 Å². The van der Waals surface area contributed by atoms with Crippen LogP contribution in [-0.2, 0) is 4.84 Å². The standard InChI is InChI=1S/C4H4BrNO/c1-3-2-7-6-4(3)5/h1-2H2. The summed E-state index contributed by atoms with van der Waals surface area (Å²) in [6, 6.07) is 0. The van der Waals surface area contributed by atoms with Gasteiger partial charge in [0, 0.05) is 5.57 Å². The monoisotopic (exact) mass is 161 g/mol. The van der Waals surface area contributed by atoms with Crippen LogP contribution in [0.5, 0.6) is 0 Å². The fraction of sp³-hybridized carbons (Fsp3) is 0.250. The Bertz CT molecular complexity index is 130. The lowest BCUT2D eigenvalue weighted by Crippen LogP contribution is -1.85. The Kier molecular flexibility index (Phi) is 1.15. The van der Waals surface area contributed by atoms with Crippen molar-refractivity contribution in [2.45, 2.75) is 0 Å². The first-order valence-electron chi connectivity index (χ1n) is 1.84. The molecule has 0 atom stereocenters. The number of hydrogen-bond donors (Lipinski definition) is 0. The zero-order valence-corrected chi connectivity index (χ0v) is 5.23. The highest BCUT2D eigenvalue weighted by Crippen LogP contribution is 2.09. The molecule has 1 heterocycles. The van der Waals surface area contributed by atoms with Crippen LogP contribution in [0.1, 0.15) is 0 Å². The molecule has 0 N–H and O–H groups in total.